The third-order valence-corrected chi connectivity index (χ3v) is 6.30. The van der Waals surface area contributed by atoms with Gasteiger partial charge in [0.15, 0.2) is 15.6 Å². The lowest BCUT2D eigenvalue weighted by molar-refractivity contribution is 0.0991. The van der Waals surface area contributed by atoms with Crippen LogP contribution in [0.4, 0.5) is 10.7 Å². The Morgan fingerprint density at radius 2 is 1.86 bits per heavy atom. The minimum absolute atomic E-state index is 0.0140. The Morgan fingerprint density at radius 3 is 2.33 bits per heavy atom. The molecule has 1 aliphatic rings. The van der Waals surface area contributed by atoms with Crippen LogP contribution in [0.25, 0.3) is 0 Å². The zero-order valence-corrected chi connectivity index (χ0v) is 13.2. The molecule has 116 valence electrons. The zero-order valence-electron chi connectivity index (χ0n) is 11.6. The normalized spacial score (nSPS) is 17.7. The molecule has 0 unspecified atom stereocenters. The summed E-state index contributed by atoms with van der Waals surface area (Å²) in [5, 5.41) is 0.492. The molecule has 0 aliphatic carbocycles. The number of hydrogen-bond acceptors (Lipinski definition) is 7. The van der Waals surface area contributed by atoms with E-state index < -0.39 is 15.7 Å². The summed E-state index contributed by atoms with van der Waals surface area (Å²) < 4.78 is 23.0. The summed E-state index contributed by atoms with van der Waals surface area (Å²) in [6.45, 7) is 2.24. The third-order valence-electron chi connectivity index (χ3n) is 3.38. The molecule has 1 fully saturated rings. The smallest absolute Gasteiger partial charge is 0.253 e. The molecule has 1 saturated heterocycles. The molecule has 4 N–H and O–H groups in total. The summed E-state index contributed by atoms with van der Waals surface area (Å²) in [6, 6.07) is 0. The maximum absolute atomic E-state index is 11.9. The number of nitrogens with zero attached hydrogens (tertiary/aromatic N) is 1. The van der Waals surface area contributed by atoms with E-state index in [0.717, 1.165) is 11.3 Å². The number of hydrogen-bond donors (Lipinski definition) is 2. The summed E-state index contributed by atoms with van der Waals surface area (Å²) in [6.07, 6.45) is 0.275. The van der Waals surface area contributed by atoms with Gasteiger partial charge >= 0.3 is 0 Å². The Bertz CT molecular complexity index is 680. The maximum atomic E-state index is 11.9. The van der Waals surface area contributed by atoms with Crippen LogP contribution in [-0.4, -0.2) is 44.7 Å². The highest BCUT2D eigenvalue weighted by Gasteiger charge is 2.30. The molecule has 1 amide bonds. The molecule has 0 radical (unpaired) electrons. The number of nitrogens with two attached hydrogens (primary N) is 2. The van der Waals surface area contributed by atoms with Crippen LogP contribution < -0.4 is 16.4 Å². The van der Waals surface area contributed by atoms with E-state index in [2.05, 4.69) is 0 Å². The van der Waals surface area contributed by atoms with Gasteiger partial charge in [-0.25, -0.2) is 8.42 Å². The second kappa shape index (κ2) is 5.64. The van der Waals surface area contributed by atoms with Gasteiger partial charge in [0.1, 0.15) is 5.00 Å². The van der Waals surface area contributed by atoms with Gasteiger partial charge in [0.05, 0.1) is 27.6 Å². The van der Waals surface area contributed by atoms with Crippen molar-refractivity contribution in [1.29, 1.82) is 0 Å². The molecule has 0 saturated carbocycles. The van der Waals surface area contributed by atoms with E-state index in [1.807, 2.05) is 0 Å². The first-order chi connectivity index (χ1) is 9.76. The third kappa shape index (κ3) is 3.03. The van der Waals surface area contributed by atoms with Gasteiger partial charge in [0, 0.05) is 19.5 Å². The van der Waals surface area contributed by atoms with Crippen molar-refractivity contribution < 1.29 is 18.0 Å². The fraction of sp³-hybridized carbons (Fsp3) is 0.500. The summed E-state index contributed by atoms with van der Waals surface area (Å²) in [7, 11) is -3.03. The molecule has 2 rings (SSSR count). The molecule has 1 aliphatic heterocycles. The van der Waals surface area contributed by atoms with Crippen molar-refractivity contribution in [1.82, 2.24) is 0 Å². The topological polar surface area (TPSA) is 124 Å². The van der Waals surface area contributed by atoms with Crippen LogP contribution in [0.5, 0.6) is 0 Å². The number of anilines is 2. The van der Waals surface area contributed by atoms with E-state index in [9.17, 15) is 18.0 Å². The number of amides is 1. The van der Waals surface area contributed by atoms with E-state index in [4.69, 9.17) is 11.5 Å². The molecule has 1 aromatic heterocycles. The summed E-state index contributed by atoms with van der Waals surface area (Å²) in [4.78, 5) is 25.6. The van der Waals surface area contributed by atoms with E-state index in [-0.39, 0.29) is 48.1 Å². The highest BCUT2D eigenvalue weighted by Crippen LogP contribution is 2.39. The largest absolute Gasteiger partial charge is 0.397 e. The number of carbonyl (C=O) groups is 2. The van der Waals surface area contributed by atoms with E-state index >= 15 is 0 Å². The second-order valence-electron chi connectivity index (χ2n) is 4.80. The average molecular weight is 331 g/mol. The van der Waals surface area contributed by atoms with E-state index in [0.29, 0.717) is 9.88 Å². The predicted molar refractivity (Wildman–Crippen MR) is 82.7 cm³/mol. The molecule has 21 heavy (non-hydrogen) atoms. The molecule has 0 atom stereocenters. The number of rotatable bonds is 4. The van der Waals surface area contributed by atoms with Crippen molar-refractivity contribution in [2.75, 3.05) is 35.2 Å². The number of carbonyl (C=O) groups excluding carboxylic acids is 2. The molecule has 0 bridgehead atoms. The van der Waals surface area contributed by atoms with E-state index in [1.165, 1.54) is 0 Å². The number of nitrogen functional groups attached to an aromatic ring is 1. The van der Waals surface area contributed by atoms with Crippen LogP contribution in [0.1, 0.15) is 33.4 Å². The van der Waals surface area contributed by atoms with Gasteiger partial charge in [0.25, 0.3) is 5.91 Å². The summed E-state index contributed by atoms with van der Waals surface area (Å²) in [5.41, 5.74) is 11.5. The van der Waals surface area contributed by atoms with Crippen LogP contribution >= 0.6 is 11.3 Å². The van der Waals surface area contributed by atoms with Crippen LogP contribution in [0.15, 0.2) is 0 Å². The van der Waals surface area contributed by atoms with Gasteiger partial charge in [-0.1, -0.05) is 6.92 Å². The van der Waals surface area contributed by atoms with Gasteiger partial charge in [-0.3, -0.25) is 9.59 Å². The zero-order chi connectivity index (χ0) is 15.8. The first-order valence-corrected chi connectivity index (χ1v) is 9.11. The van der Waals surface area contributed by atoms with Crippen molar-refractivity contribution in [3.05, 3.63) is 10.4 Å². The fourth-order valence-electron chi connectivity index (χ4n) is 2.18. The second-order valence-corrected chi connectivity index (χ2v) is 8.11. The van der Waals surface area contributed by atoms with Gasteiger partial charge in [0.2, 0.25) is 0 Å². The lowest BCUT2D eigenvalue weighted by Gasteiger charge is -2.28. The summed E-state index contributed by atoms with van der Waals surface area (Å²) in [5.74, 6) is -0.835. The number of sulfone groups is 1. The number of primary amides is 1. The number of Topliss-reactive ketones (excluding diaryl/α,β-unsaturated/α-hetero) is 1. The Kier molecular flexibility index (Phi) is 4.24. The molecule has 0 aromatic carbocycles. The summed E-state index contributed by atoms with van der Waals surface area (Å²) >= 11 is 1.11. The van der Waals surface area contributed by atoms with Gasteiger partial charge in [-0.05, 0) is 0 Å². The maximum Gasteiger partial charge on any atom is 0.253 e. The molecular formula is C12H17N3O4S2. The Balaban J connectivity index is 2.44. The quantitative estimate of drug-likeness (QED) is 0.763. The van der Waals surface area contributed by atoms with Crippen LogP contribution in [-0.2, 0) is 9.84 Å². The van der Waals surface area contributed by atoms with Crippen molar-refractivity contribution in [3.8, 4) is 0 Å². The predicted octanol–water partition coefficient (Wildman–Crippen LogP) is 0.257. The number of ketones is 1. The first-order valence-electron chi connectivity index (χ1n) is 6.47. The van der Waals surface area contributed by atoms with Crippen molar-refractivity contribution in [2.45, 2.75) is 13.3 Å². The Hall–Kier alpha value is -1.61. The highest BCUT2D eigenvalue weighted by atomic mass is 32.2. The van der Waals surface area contributed by atoms with E-state index in [1.54, 1.807) is 11.8 Å². The standard InChI is InChI=1S/C12H17N3O4S2/c1-2-7(16)10-9(13)8(11(14)17)12(20-10)15-3-5-21(18,19)6-4-15/h2-6,13H2,1H3,(H2,14,17). The number of thiophene rings is 1. The average Bonchev–Trinajstić information content (AvgIpc) is 2.75. The molecule has 2 heterocycles. The van der Waals surface area contributed by atoms with Crippen LogP contribution in [0, 0.1) is 0 Å². The Morgan fingerprint density at radius 1 is 1.29 bits per heavy atom. The lowest BCUT2D eigenvalue weighted by atomic mass is 10.1. The molecule has 7 nitrogen and oxygen atoms in total. The molecule has 1 aromatic rings. The molecule has 9 heteroatoms. The van der Waals surface area contributed by atoms with Crippen molar-refractivity contribution >= 4 is 43.6 Å². The first kappa shape index (κ1) is 15.8. The lowest BCUT2D eigenvalue weighted by Crippen LogP contribution is -2.40. The van der Waals surface area contributed by atoms with Crippen LogP contribution in [0.2, 0.25) is 0 Å². The SMILES string of the molecule is CCC(=O)c1sc(N2CCS(=O)(=O)CC2)c(C(N)=O)c1N. The van der Waals surface area contributed by atoms with Gasteiger partial charge in [-0.15, -0.1) is 11.3 Å². The Labute approximate surface area is 126 Å². The van der Waals surface area contributed by atoms with Gasteiger partial charge < -0.3 is 16.4 Å². The fourth-order valence-corrected chi connectivity index (χ4v) is 4.66. The van der Waals surface area contributed by atoms with Gasteiger partial charge in [-0.2, -0.15) is 0 Å². The van der Waals surface area contributed by atoms with Crippen molar-refractivity contribution in [3.63, 3.8) is 0 Å². The minimum Gasteiger partial charge on any atom is -0.397 e. The molecular weight excluding hydrogens is 314 g/mol. The molecule has 0 spiro atoms. The van der Waals surface area contributed by atoms with Crippen molar-refractivity contribution in [2.24, 2.45) is 5.73 Å². The minimum atomic E-state index is -3.03. The highest BCUT2D eigenvalue weighted by molar-refractivity contribution is 7.91. The monoisotopic (exact) mass is 331 g/mol. The van der Waals surface area contributed by atoms with Crippen LogP contribution in [0.3, 0.4) is 0 Å².